The number of carbonyl (C=O) groups excluding carboxylic acids is 1. The maximum absolute atomic E-state index is 12.7. The summed E-state index contributed by atoms with van der Waals surface area (Å²) in [6.07, 6.45) is -4.41. The van der Waals surface area contributed by atoms with Gasteiger partial charge < -0.3 is 10.5 Å². The molecule has 112 valence electrons. The summed E-state index contributed by atoms with van der Waals surface area (Å²) in [4.78, 5) is 12.4. The second-order valence-corrected chi connectivity index (χ2v) is 5.25. The van der Waals surface area contributed by atoms with E-state index in [9.17, 15) is 18.0 Å². The highest BCUT2D eigenvalue weighted by atomic mass is 32.1. The molecular weight excluding hydrogens is 303 g/mol. The Bertz CT molecular complexity index is 664. The number of alkyl halides is 3. The number of halogens is 3. The molecule has 0 radical (unpaired) electrons. The number of thiophene rings is 1. The number of benzene rings is 1. The number of nitrogens with two attached hydrogens (primary N) is 1. The summed E-state index contributed by atoms with van der Waals surface area (Å²) in [6.45, 7) is 1.87. The first kappa shape index (κ1) is 15.4. The molecule has 0 aliphatic heterocycles. The molecule has 0 saturated carbocycles. The van der Waals surface area contributed by atoms with Crippen LogP contribution in [0.2, 0.25) is 0 Å². The van der Waals surface area contributed by atoms with Crippen LogP contribution >= 0.6 is 11.3 Å². The molecule has 2 N–H and O–H groups in total. The van der Waals surface area contributed by atoms with Crippen LogP contribution in [0.15, 0.2) is 30.3 Å². The number of carbonyl (C=O) groups is 1. The number of hydrogen-bond acceptors (Lipinski definition) is 4. The molecule has 0 atom stereocenters. The number of anilines is 1. The van der Waals surface area contributed by atoms with E-state index < -0.39 is 17.7 Å². The predicted molar refractivity (Wildman–Crippen MR) is 75.1 cm³/mol. The van der Waals surface area contributed by atoms with Gasteiger partial charge in [0, 0.05) is 4.88 Å². The first-order chi connectivity index (χ1) is 9.82. The summed E-state index contributed by atoms with van der Waals surface area (Å²) < 4.78 is 43.0. The second-order valence-electron chi connectivity index (χ2n) is 4.19. The van der Waals surface area contributed by atoms with Crippen molar-refractivity contribution in [2.24, 2.45) is 0 Å². The number of ether oxygens (including phenoxy) is 1. The van der Waals surface area contributed by atoms with E-state index in [1.165, 1.54) is 18.2 Å². The van der Waals surface area contributed by atoms with Crippen molar-refractivity contribution in [3.8, 4) is 10.4 Å². The topological polar surface area (TPSA) is 52.3 Å². The first-order valence-electron chi connectivity index (χ1n) is 6.07. The van der Waals surface area contributed by atoms with Crippen LogP contribution in [-0.2, 0) is 10.9 Å². The summed E-state index contributed by atoms with van der Waals surface area (Å²) in [5.41, 5.74) is 5.53. The number of esters is 1. The van der Waals surface area contributed by atoms with Crippen molar-refractivity contribution in [1.82, 2.24) is 0 Å². The van der Waals surface area contributed by atoms with Gasteiger partial charge >= 0.3 is 12.1 Å². The average molecular weight is 315 g/mol. The van der Waals surface area contributed by atoms with Gasteiger partial charge in [0.25, 0.3) is 0 Å². The summed E-state index contributed by atoms with van der Waals surface area (Å²) >= 11 is 1.01. The Morgan fingerprint density at radius 1 is 1.33 bits per heavy atom. The Morgan fingerprint density at radius 3 is 2.67 bits per heavy atom. The van der Waals surface area contributed by atoms with E-state index >= 15 is 0 Å². The Labute approximate surface area is 123 Å². The summed E-state index contributed by atoms with van der Waals surface area (Å²) in [5.74, 6) is -0.571. The standard InChI is InChI=1S/C14H12F3NO2S/c1-2-20-13(19)12-10(18)7-11(21-12)8-4-3-5-9(6-8)14(15,16)17/h3-7H,2,18H2,1H3. The lowest BCUT2D eigenvalue weighted by molar-refractivity contribution is -0.137. The molecule has 7 heteroatoms. The monoisotopic (exact) mass is 315 g/mol. The van der Waals surface area contributed by atoms with E-state index in [4.69, 9.17) is 10.5 Å². The molecule has 1 heterocycles. The minimum Gasteiger partial charge on any atom is -0.462 e. The van der Waals surface area contributed by atoms with Crippen molar-refractivity contribution in [1.29, 1.82) is 0 Å². The van der Waals surface area contributed by atoms with Crippen LogP contribution in [0, 0.1) is 0 Å². The molecule has 0 aliphatic rings. The highest BCUT2D eigenvalue weighted by molar-refractivity contribution is 7.18. The third kappa shape index (κ3) is 3.36. The van der Waals surface area contributed by atoms with Gasteiger partial charge in [0.15, 0.2) is 0 Å². The number of rotatable bonds is 3. The predicted octanol–water partition coefficient (Wildman–Crippen LogP) is 4.19. The van der Waals surface area contributed by atoms with E-state index in [1.807, 2.05) is 0 Å². The van der Waals surface area contributed by atoms with Gasteiger partial charge in [-0.15, -0.1) is 11.3 Å². The number of hydrogen-bond donors (Lipinski definition) is 1. The molecule has 1 aromatic heterocycles. The van der Waals surface area contributed by atoms with Gasteiger partial charge in [-0.05, 0) is 30.7 Å². The fraction of sp³-hybridized carbons (Fsp3) is 0.214. The van der Waals surface area contributed by atoms with Crippen LogP contribution in [0.1, 0.15) is 22.2 Å². The Hall–Kier alpha value is -2.02. The molecule has 2 rings (SSSR count). The maximum atomic E-state index is 12.7. The Morgan fingerprint density at radius 2 is 2.05 bits per heavy atom. The number of nitrogen functional groups attached to an aromatic ring is 1. The lowest BCUT2D eigenvalue weighted by Crippen LogP contribution is -2.04. The molecule has 0 saturated heterocycles. The van der Waals surface area contributed by atoms with Gasteiger partial charge in [0.1, 0.15) is 4.88 Å². The minimum atomic E-state index is -4.41. The Kier molecular flexibility index (Phi) is 4.22. The molecule has 0 unspecified atom stereocenters. The van der Waals surface area contributed by atoms with Crippen molar-refractivity contribution in [2.75, 3.05) is 12.3 Å². The molecule has 1 aromatic carbocycles. The maximum Gasteiger partial charge on any atom is 0.416 e. The smallest absolute Gasteiger partial charge is 0.416 e. The fourth-order valence-electron chi connectivity index (χ4n) is 1.75. The van der Waals surface area contributed by atoms with Crippen molar-refractivity contribution < 1.29 is 22.7 Å². The van der Waals surface area contributed by atoms with E-state index in [0.29, 0.717) is 10.4 Å². The SMILES string of the molecule is CCOC(=O)c1sc(-c2cccc(C(F)(F)F)c2)cc1N. The largest absolute Gasteiger partial charge is 0.462 e. The van der Waals surface area contributed by atoms with Gasteiger partial charge in [-0.2, -0.15) is 13.2 Å². The zero-order chi connectivity index (χ0) is 15.6. The molecule has 0 spiro atoms. The summed E-state index contributed by atoms with van der Waals surface area (Å²) in [5, 5.41) is 0. The lowest BCUT2D eigenvalue weighted by atomic mass is 10.1. The zero-order valence-electron chi connectivity index (χ0n) is 11.0. The zero-order valence-corrected chi connectivity index (χ0v) is 11.8. The van der Waals surface area contributed by atoms with Crippen molar-refractivity contribution >= 4 is 23.0 Å². The van der Waals surface area contributed by atoms with Crippen LogP contribution in [0.3, 0.4) is 0 Å². The third-order valence-electron chi connectivity index (χ3n) is 2.70. The highest BCUT2D eigenvalue weighted by Crippen LogP contribution is 2.37. The third-order valence-corrected chi connectivity index (χ3v) is 3.88. The molecule has 21 heavy (non-hydrogen) atoms. The molecule has 0 bridgehead atoms. The first-order valence-corrected chi connectivity index (χ1v) is 6.88. The van der Waals surface area contributed by atoms with Crippen LogP contribution in [0.4, 0.5) is 18.9 Å². The molecule has 2 aromatic rings. The molecule has 0 aliphatic carbocycles. The normalized spacial score (nSPS) is 11.4. The summed E-state index contributed by atoms with van der Waals surface area (Å²) in [6, 6.07) is 6.35. The van der Waals surface area contributed by atoms with Gasteiger partial charge in [0.05, 0.1) is 17.9 Å². The summed E-state index contributed by atoms with van der Waals surface area (Å²) in [7, 11) is 0. The highest BCUT2D eigenvalue weighted by Gasteiger charge is 2.30. The van der Waals surface area contributed by atoms with E-state index in [0.717, 1.165) is 23.5 Å². The average Bonchev–Trinajstić information content (AvgIpc) is 2.80. The van der Waals surface area contributed by atoms with Crippen LogP contribution in [0.5, 0.6) is 0 Å². The molecular formula is C14H12F3NO2S. The minimum absolute atomic E-state index is 0.198. The quantitative estimate of drug-likeness (QED) is 0.864. The van der Waals surface area contributed by atoms with Gasteiger partial charge in [0.2, 0.25) is 0 Å². The van der Waals surface area contributed by atoms with Crippen molar-refractivity contribution in [3.05, 3.63) is 40.8 Å². The molecule has 3 nitrogen and oxygen atoms in total. The van der Waals surface area contributed by atoms with E-state index in [1.54, 1.807) is 6.92 Å². The van der Waals surface area contributed by atoms with E-state index in [2.05, 4.69) is 0 Å². The van der Waals surface area contributed by atoms with Crippen molar-refractivity contribution in [3.63, 3.8) is 0 Å². The lowest BCUT2D eigenvalue weighted by Gasteiger charge is -2.07. The van der Waals surface area contributed by atoms with Crippen LogP contribution < -0.4 is 5.73 Å². The van der Waals surface area contributed by atoms with Crippen LogP contribution in [0.25, 0.3) is 10.4 Å². The molecule has 0 fully saturated rings. The van der Waals surface area contributed by atoms with Gasteiger partial charge in [-0.1, -0.05) is 12.1 Å². The van der Waals surface area contributed by atoms with Crippen molar-refractivity contribution in [2.45, 2.75) is 13.1 Å². The Balaban J connectivity index is 2.40. The molecule has 0 amide bonds. The van der Waals surface area contributed by atoms with E-state index in [-0.39, 0.29) is 17.2 Å². The van der Waals surface area contributed by atoms with Gasteiger partial charge in [-0.3, -0.25) is 0 Å². The van der Waals surface area contributed by atoms with Crippen LogP contribution in [-0.4, -0.2) is 12.6 Å². The second kappa shape index (κ2) is 5.77. The van der Waals surface area contributed by atoms with Gasteiger partial charge in [-0.25, -0.2) is 4.79 Å². The fourth-order valence-corrected chi connectivity index (χ4v) is 2.72.